The van der Waals surface area contributed by atoms with Gasteiger partial charge >= 0.3 is 5.69 Å². The Morgan fingerprint density at radius 2 is 2.02 bits per heavy atom. The summed E-state index contributed by atoms with van der Waals surface area (Å²) in [7, 11) is 3.27. The molecule has 40 heavy (non-hydrogen) atoms. The highest BCUT2D eigenvalue weighted by molar-refractivity contribution is 6.09. The molecule has 0 spiro atoms. The number of fused-ring (bicyclic) bond motifs is 3. The fourth-order valence-corrected chi connectivity index (χ4v) is 5.25. The first-order valence-electron chi connectivity index (χ1n) is 13.1. The maximum absolute atomic E-state index is 13.8. The molecule has 11 heteroatoms. The van der Waals surface area contributed by atoms with Gasteiger partial charge < -0.3 is 19.3 Å². The normalized spacial score (nSPS) is 12.3. The number of carbonyl (C=O) groups excluding carboxylic acids is 1. The molecule has 0 fully saturated rings. The molecule has 11 nitrogen and oxygen atoms in total. The molecule has 1 unspecified atom stereocenters. The lowest BCUT2D eigenvalue weighted by molar-refractivity contribution is -0.119. The minimum Gasteiger partial charge on any atom is -0.395 e. The number of hydrogen-bond donors (Lipinski definition) is 1. The Morgan fingerprint density at radius 3 is 2.67 bits per heavy atom. The maximum Gasteiger partial charge on any atom is 0.329 e. The maximum atomic E-state index is 13.8. The zero-order chi connectivity index (χ0) is 28.6. The molecule has 5 aromatic rings. The van der Waals surface area contributed by atoms with Gasteiger partial charge in [-0.15, -0.1) is 0 Å². The number of anilines is 1. The van der Waals surface area contributed by atoms with Crippen molar-refractivity contribution in [1.29, 1.82) is 0 Å². The zero-order valence-electron chi connectivity index (χ0n) is 23.2. The van der Waals surface area contributed by atoms with Crippen LogP contribution in [0, 0.1) is 13.8 Å². The fraction of sp³-hybridized carbons (Fsp3) is 0.345. The molecule has 1 amide bonds. The zero-order valence-corrected chi connectivity index (χ0v) is 23.2. The van der Waals surface area contributed by atoms with E-state index in [0.717, 1.165) is 16.8 Å². The molecule has 0 radical (unpaired) electrons. The quantitative estimate of drug-likeness (QED) is 0.298. The Labute approximate surface area is 230 Å². The van der Waals surface area contributed by atoms with Gasteiger partial charge in [0.15, 0.2) is 0 Å². The van der Waals surface area contributed by atoms with Gasteiger partial charge in [0.1, 0.15) is 5.76 Å². The van der Waals surface area contributed by atoms with Gasteiger partial charge in [0.2, 0.25) is 5.91 Å². The Balaban J connectivity index is 1.86. The number of nitrogens with zero attached hydrogens (tertiary/aromatic N) is 6. The van der Waals surface area contributed by atoms with Crippen molar-refractivity contribution in [1.82, 2.24) is 24.3 Å². The van der Waals surface area contributed by atoms with Gasteiger partial charge in [-0.3, -0.25) is 23.9 Å². The molecule has 208 valence electrons. The van der Waals surface area contributed by atoms with Crippen LogP contribution in [-0.4, -0.2) is 62.6 Å². The predicted molar refractivity (Wildman–Crippen MR) is 152 cm³/mol. The van der Waals surface area contributed by atoms with Crippen molar-refractivity contribution in [3.05, 3.63) is 70.4 Å². The average molecular weight is 545 g/mol. The van der Waals surface area contributed by atoms with Crippen LogP contribution in [0.15, 0.2) is 52.0 Å². The van der Waals surface area contributed by atoms with Crippen molar-refractivity contribution in [2.24, 2.45) is 0 Å². The summed E-state index contributed by atoms with van der Waals surface area (Å²) >= 11 is 0. The third-order valence-corrected chi connectivity index (χ3v) is 7.29. The van der Waals surface area contributed by atoms with Crippen LogP contribution in [0.3, 0.4) is 0 Å². The van der Waals surface area contributed by atoms with E-state index in [2.05, 4.69) is 10.1 Å². The van der Waals surface area contributed by atoms with Crippen LogP contribution in [0.5, 0.6) is 0 Å². The summed E-state index contributed by atoms with van der Waals surface area (Å²) in [6.07, 6.45) is 3.54. The molecule has 1 aromatic carbocycles. The number of amides is 1. The van der Waals surface area contributed by atoms with Crippen molar-refractivity contribution < 1.29 is 19.2 Å². The lowest BCUT2D eigenvalue weighted by Gasteiger charge is -2.22. The number of aliphatic hydroxyl groups excluding tert-OH is 1. The van der Waals surface area contributed by atoms with Gasteiger partial charge in [-0.05, 0) is 45.0 Å². The van der Waals surface area contributed by atoms with E-state index in [4.69, 9.17) is 14.2 Å². The number of aliphatic hydroxyl groups is 1. The highest BCUT2D eigenvalue weighted by Gasteiger charge is 2.26. The second-order valence-electron chi connectivity index (χ2n) is 9.73. The second kappa shape index (κ2) is 11.0. The van der Waals surface area contributed by atoms with Crippen LogP contribution in [0.1, 0.15) is 36.5 Å². The number of aryl methyl sites for hydroxylation is 2. The van der Waals surface area contributed by atoms with Crippen LogP contribution in [-0.2, 0) is 16.1 Å². The van der Waals surface area contributed by atoms with Crippen molar-refractivity contribution in [2.75, 3.05) is 32.3 Å². The highest BCUT2D eigenvalue weighted by Crippen LogP contribution is 2.40. The molecular weight excluding hydrogens is 512 g/mol. The summed E-state index contributed by atoms with van der Waals surface area (Å²) in [6.45, 7) is 5.79. The first-order chi connectivity index (χ1) is 19.3. The monoisotopic (exact) mass is 544 g/mol. The van der Waals surface area contributed by atoms with Crippen molar-refractivity contribution in [3.8, 4) is 11.1 Å². The third kappa shape index (κ3) is 4.56. The largest absolute Gasteiger partial charge is 0.395 e. The van der Waals surface area contributed by atoms with E-state index in [1.807, 2.05) is 51.1 Å². The van der Waals surface area contributed by atoms with Crippen LogP contribution in [0.2, 0.25) is 0 Å². The number of benzene rings is 1. The highest BCUT2D eigenvalue weighted by atomic mass is 16.5. The molecular formula is C29H32N6O5. The van der Waals surface area contributed by atoms with Crippen molar-refractivity contribution >= 4 is 33.5 Å². The minimum atomic E-state index is -0.409. The van der Waals surface area contributed by atoms with Crippen LogP contribution >= 0.6 is 0 Å². The fourth-order valence-electron chi connectivity index (χ4n) is 5.25. The average Bonchev–Trinajstić information content (AvgIpc) is 3.45. The van der Waals surface area contributed by atoms with Crippen LogP contribution in [0.4, 0.5) is 5.69 Å². The molecule has 1 N–H and O–H groups in total. The molecule has 0 aliphatic heterocycles. The Kier molecular flexibility index (Phi) is 7.51. The number of imidazole rings is 1. The summed E-state index contributed by atoms with van der Waals surface area (Å²) in [4.78, 5) is 37.8. The van der Waals surface area contributed by atoms with Gasteiger partial charge in [-0.2, -0.15) is 0 Å². The van der Waals surface area contributed by atoms with E-state index >= 15 is 0 Å². The minimum absolute atomic E-state index is 0.115. The smallest absolute Gasteiger partial charge is 0.329 e. The summed E-state index contributed by atoms with van der Waals surface area (Å²) in [5.41, 5.74) is 5.13. The van der Waals surface area contributed by atoms with E-state index in [9.17, 15) is 14.7 Å². The van der Waals surface area contributed by atoms with Crippen LogP contribution < -0.4 is 10.6 Å². The number of rotatable bonds is 9. The number of pyridine rings is 2. The van der Waals surface area contributed by atoms with E-state index in [1.165, 1.54) is 4.57 Å². The summed E-state index contributed by atoms with van der Waals surface area (Å²) in [5, 5.41) is 14.6. The Morgan fingerprint density at radius 1 is 1.23 bits per heavy atom. The predicted octanol–water partition coefficient (Wildman–Crippen LogP) is 3.62. The van der Waals surface area contributed by atoms with Crippen LogP contribution in [0.25, 0.3) is 33.1 Å². The molecule has 4 aromatic heterocycles. The van der Waals surface area contributed by atoms with Gasteiger partial charge in [0, 0.05) is 36.9 Å². The molecule has 0 aliphatic carbocycles. The molecule has 4 heterocycles. The number of ether oxygens (including phenoxy) is 1. The van der Waals surface area contributed by atoms with Gasteiger partial charge in [-0.25, -0.2) is 4.79 Å². The number of aromatic nitrogens is 5. The van der Waals surface area contributed by atoms with Gasteiger partial charge in [0.05, 0.1) is 72.0 Å². The SMILES string of the molecule is COCCC(=O)N(C)c1cc2c(cc1-c1c(C)noc1C)ncc1c2n(C(C)c2ccccn2)c(=O)n1CCO. The van der Waals surface area contributed by atoms with Gasteiger partial charge in [-0.1, -0.05) is 11.2 Å². The standard InChI is InChI=1S/C29H32N6O5/c1-17-27(19(3)40-32-17)21-14-23-20(15-24(21)33(4)26(37)9-13-39-5)28-25(16-31-23)34(11-12-36)29(38)35(28)18(2)22-8-6-7-10-30-22/h6-8,10,14-16,18,36H,9,11-13H2,1-5H3. The molecule has 5 rings (SSSR count). The lowest BCUT2D eigenvalue weighted by Crippen LogP contribution is -2.28. The first-order valence-corrected chi connectivity index (χ1v) is 13.1. The van der Waals surface area contributed by atoms with Crippen molar-refractivity contribution in [3.63, 3.8) is 0 Å². The Hall–Kier alpha value is -4.35. The lowest BCUT2D eigenvalue weighted by atomic mass is 9.98. The summed E-state index contributed by atoms with van der Waals surface area (Å²) in [6, 6.07) is 8.96. The molecule has 1 atom stereocenters. The van der Waals surface area contributed by atoms with E-state index in [-0.39, 0.29) is 37.8 Å². The molecule has 0 aliphatic rings. The summed E-state index contributed by atoms with van der Waals surface area (Å²) < 4.78 is 13.8. The Bertz CT molecular complexity index is 1730. The third-order valence-electron chi connectivity index (χ3n) is 7.29. The van der Waals surface area contributed by atoms with E-state index in [0.29, 0.717) is 39.1 Å². The first kappa shape index (κ1) is 27.2. The number of carbonyl (C=O) groups is 1. The van der Waals surface area contributed by atoms with E-state index in [1.54, 1.807) is 36.0 Å². The number of hydrogen-bond acceptors (Lipinski definition) is 8. The second-order valence-corrected chi connectivity index (χ2v) is 9.73. The van der Waals surface area contributed by atoms with E-state index < -0.39 is 6.04 Å². The topological polar surface area (TPSA) is 129 Å². The van der Waals surface area contributed by atoms with Gasteiger partial charge in [0.25, 0.3) is 0 Å². The molecule has 0 saturated carbocycles. The van der Waals surface area contributed by atoms with Crippen molar-refractivity contribution in [2.45, 2.75) is 39.8 Å². The number of methoxy groups -OCH3 is 1. The molecule has 0 bridgehead atoms. The molecule has 0 saturated heterocycles. The summed E-state index contributed by atoms with van der Waals surface area (Å²) in [5.74, 6) is 0.484.